The number of anilines is 2. The van der Waals surface area contributed by atoms with Crippen LogP contribution in [0.5, 0.6) is 0 Å². The highest BCUT2D eigenvalue weighted by molar-refractivity contribution is 7.89. The van der Waals surface area contributed by atoms with E-state index in [9.17, 15) is 13.2 Å². The smallest absolute Gasteiger partial charge is 0.337 e. The number of nitrogens with one attached hydrogen (secondary N) is 1. The second-order valence-electron chi connectivity index (χ2n) is 6.81. The molecule has 1 aromatic heterocycles. The molecule has 29 heavy (non-hydrogen) atoms. The summed E-state index contributed by atoms with van der Waals surface area (Å²) in [5.41, 5.74) is 2.04. The molecule has 0 amide bonds. The number of carbonyl (C=O) groups is 1. The Morgan fingerprint density at radius 1 is 1.10 bits per heavy atom. The summed E-state index contributed by atoms with van der Waals surface area (Å²) in [6.45, 7) is 1.10. The molecule has 1 N–H and O–H groups in total. The fourth-order valence-corrected chi connectivity index (χ4v) is 4.84. The van der Waals surface area contributed by atoms with E-state index in [1.807, 2.05) is 0 Å². The quantitative estimate of drug-likeness (QED) is 0.636. The fraction of sp³-hybridized carbons (Fsp3) is 0.300. The molecule has 0 spiro atoms. The van der Waals surface area contributed by atoms with E-state index in [-0.39, 0.29) is 10.9 Å². The topological polar surface area (TPSA) is 102 Å². The number of esters is 1. The molecule has 152 valence electrons. The van der Waals surface area contributed by atoms with Crippen LogP contribution in [0.15, 0.2) is 51.8 Å². The zero-order valence-electron chi connectivity index (χ0n) is 15.9. The Bertz CT molecular complexity index is 1130. The molecule has 1 aliphatic heterocycles. The minimum absolute atomic E-state index is 0.217. The number of fused-ring (bicyclic) bond motifs is 1. The molecule has 1 aliphatic rings. The third-order valence-corrected chi connectivity index (χ3v) is 6.76. The van der Waals surface area contributed by atoms with E-state index in [0.29, 0.717) is 35.4 Å². The van der Waals surface area contributed by atoms with Gasteiger partial charge in [-0.1, -0.05) is 6.42 Å². The Kier molecular flexibility index (Phi) is 5.25. The molecule has 0 atom stereocenters. The minimum atomic E-state index is -3.53. The van der Waals surface area contributed by atoms with Crippen molar-refractivity contribution in [3.8, 4) is 0 Å². The lowest BCUT2D eigenvalue weighted by Gasteiger charge is -2.25. The molecule has 2 aromatic carbocycles. The molecule has 1 fully saturated rings. The first-order chi connectivity index (χ1) is 14.0. The van der Waals surface area contributed by atoms with Gasteiger partial charge in [0.25, 0.3) is 6.01 Å². The van der Waals surface area contributed by atoms with Crippen molar-refractivity contribution < 1.29 is 22.4 Å². The third kappa shape index (κ3) is 3.96. The molecule has 9 heteroatoms. The van der Waals surface area contributed by atoms with Crippen LogP contribution < -0.4 is 5.32 Å². The Morgan fingerprint density at radius 3 is 2.52 bits per heavy atom. The van der Waals surface area contributed by atoms with Crippen LogP contribution in [0.25, 0.3) is 11.1 Å². The largest absolute Gasteiger partial charge is 0.465 e. The first kappa shape index (κ1) is 19.4. The van der Waals surface area contributed by atoms with Crippen LogP contribution in [0.3, 0.4) is 0 Å². The molecule has 0 unspecified atom stereocenters. The number of nitrogens with zero attached hydrogens (tertiary/aromatic N) is 2. The van der Waals surface area contributed by atoms with E-state index < -0.39 is 16.0 Å². The van der Waals surface area contributed by atoms with Crippen molar-refractivity contribution >= 4 is 38.8 Å². The van der Waals surface area contributed by atoms with Gasteiger partial charge in [-0.2, -0.15) is 9.29 Å². The molecule has 8 nitrogen and oxygen atoms in total. The fourth-order valence-electron chi connectivity index (χ4n) is 3.31. The predicted octanol–water partition coefficient (Wildman–Crippen LogP) is 3.53. The Labute approximate surface area is 168 Å². The van der Waals surface area contributed by atoms with Crippen molar-refractivity contribution in [1.82, 2.24) is 9.29 Å². The Hall–Kier alpha value is -2.91. The number of rotatable bonds is 5. The molecule has 0 saturated carbocycles. The number of methoxy groups -OCH3 is 1. The summed E-state index contributed by atoms with van der Waals surface area (Å²) in [5, 5.41) is 3.01. The lowest BCUT2D eigenvalue weighted by molar-refractivity contribution is 0.0600. The lowest BCUT2D eigenvalue weighted by atomic mass is 10.2. The monoisotopic (exact) mass is 415 g/mol. The highest BCUT2D eigenvalue weighted by Crippen LogP contribution is 2.27. The summed E-state index contributed by atoms with van der Waals surface area (Å²) in [6.07, 6.45) is 2.83. The van der Waals surface area contributed by atoms with Crippen molar-refractivity contribution in [1.29, 1.82) is 0 Å². The summed E-state index contributed by atoms with van der Waals surface area (Å²) in [5.74, 6) is -0.416. The maximum absolute atomic E-state index is 12.9. The van der Waals surface area contributed by atoms with Crippen LogP contribution >= 0.6 is 0 Å². The number of piperidine rings is 1. The third-order valence-electron chi connectivity index (χ3n) is 4.87. The van der Waals surface area contributed by atoms with Crippen LogP contribution in [0.2, 0.25) is 0 Å². The van der Waals surface area contributed by atoms with Gasteiger partial charge in [0.1, 0.15) is 5.52 Å². The molecule has 0 radical (unpaired) electrons. The molecular weight excluding hydrogens is 394 g/mol. The van der Waals surface area contributed by atoms with E-state index in [1.54, 1.807) is 36.4 Å². The number of hydrogen-bond acceptors (Lipinski definition) is 7. The summed E-state index contributed by atoms with van der Waals surface area (Å²) >= 11 is 0. The molecule has 3 aromatic rings. The second kappa shape index (κ2) is 7.84. The maximum atomic E-state index is 12.9. The van der Waals surface area contributed by atoms with Gasteiger partial charge in [0.2, 0.25) is 10.0 Å². The molecule has 1 saturated heterocycles. The van der Waals surface area contributed by atoms with E-state index in [2.05, 4.69) is 15.0 Å². The molecule has 0 bridgehead atoms. The standard InChI is InChI=1S/C20H21N3O5S/c1-27-19(24)14-5-7-15(8-6-14)21-20-22-17-13-16(9-10-18(17)28-20)29(25,26)23-11-3-2-4-12-23/h5-10,13H,2-4,11-12H2,1H3,(H,21,22). The number of benzene rings is 2. The first-order valence-corrected chi connectivity index (χ1v) is 10.8. The Balaban J connectivity index is 1.56. The van der Waals surface area contributed by atoms with Crippen molar-refractivity contribution in [2.24, 2.45) is 0 Å². The number of aromatic nitrogens is 1. The summed E-state index contributed by atoms with van der Waals surface area (Å²) in [4.78, 5) is 16.1. The van der Waals surface area contributed by atoms with Crippen LogP contribution in [0.1, 0.15) is 29.6 Å². The van der Waals surface area contributed by atoms with Crippen LogP contribution in [0, 0.1) is 0 Å². The summed E-state index contributed by atoms with van der Waals surface area (Å²) < 4.78 is 37.6. The van der Waals surface area contributed by atoms with E-state index in [0.717, 1.165) is 19.3 Å². The summed E-state index contributed by atoms with van der Waals surface area (Å²) in [7, 11) is -2.21. The van der Waals surface area contributed by atoms with Gasteiger partial charge in [-0.15, -0.1) is 0 Å². The average Bonchev–Trinajstić information content (AvgIpc) is 3.15. The van der Waals surface area contributed by atoms with Crippen molar-refractivity contribution in [2.45, 2.75) is 24.2 Å². The SMILES string of the molecule is COC(=O)c1ccc(Nc2nc3cc(S(=O)(=O)N4CCCCC4)ccc3o2)cc1. The van der Waals surface area contributed by atoms with Crippen LogP contribution in [-0.4, -0.2) is 43.9 Å². The van der Waals surface area contributed by atoms with Gasteiger partial charge in [-0.3, -0.25) is 0 Å². The molecule has 2 heterocycles. The molecular formula is C20H21N3O5S. The van der Waals surface area contributed by atoms with E-state index in [1.165, 1.54) is 17.5 Å². The normalized spacial score (nSPS) is 15.3. The average molecular weight is 415 g/mol. The van der Waals surface area contributed by atoms with Gasteiger partial charge in [0.15, 0.2) is 5.58 Å². The van der Waals surface area contributed by atoms with Gasteiger partial charge in [-0.05, 0) is 55.3 Å². The van der Waals surface area contributed by atoms with Crippen molar-refractivity contribution in [3.63, 3.8) is 0 Å². The first-order valence-electron chi connectivity index (χ1n) is 9.33. The Morgan fingerprint density at radius 2 is 1.83 bits per heavy atom. The zero-order valence-corrected chi connectivity index (χ0v) is 16.7. The zero-order chi connectivity index (χ0) is 20.4. The second-order valence-corrected chi connectivity index (χ2v) is 8.75. The van der Waals surface area contributed by atoms with Crippen molar-refractivity contribution in [2.75, 3.05) is 25.5 Å². The molecule has 0 aliphatic carbocycles. The van der Waals surface area contributed by atoms with Gasteiger partial charge in [0.05, 0.1) is 17.6 Å². The number of hydrogen-bond donors (Lipinski definition) is 1. The number of sulfonamides is 1. The highest BCUT2D eigenvalue weighted by Gasteiger charge is 2.26. The van der Waals surface area contributed by atoms with Gasteiger partial charge in [-0.25, -0.2) is 13.2 Å². The van der Waals surface area contributed by atoms with E-state index >= 15 is 0 Å². The minimum Gasteiger partial charge on any atom is -0.465 e. The van der Waals surface area contributed by atoms with Gasteiger partial charge < -0.3 is 14.5 Å². The van der Waals surface area contributed by atoms with Crippen LogP contribution in [-0.2, 0) is 14.8 Å². The van der Waals surface area contributed by atoms with Gasteiger partial charge >= 0.3 is 5.97 Å². The number of oxazole rings is 1. The van der Waals surface area contributed by atoms with Crippen molar-refractivity contribution in [3.05, 3.63) is 48.0 Å². The predicted molar refractivity (Wildman–Crippen MR) is 108 cm³/mol. The lowest BCUT2D eigenvalue weighted by Crippen LogP contribution is -2.35. The van der Waals surface area contributed by atoms with Crippen LogP contribution in [0.4, 0.5) is 11.7 Å². The maximum Gasteiger partial charge on any atom is 0.337 e. The van der Waals surface area contributed by atoms with E-state index in [4.69, 9.17) is 4.42 Å². The number of carbonyl (C=O) groups excluding carboxylic acids is 1. The van der Waals surface area contributed by atoms with Gasteiger partial charge in [0, 0.05) is 18.8 Å². The molecule has 4 rings (SSSR count). The highest BCUT2D eigenvalue weighted by atomic mass is 32.2. The number of ether oxygens (including phenoxy) is 1. The summed E-state index contributed by atoms with van der Waals surface area (Å²) in [6, 6.07) is 11.6.